The summed E-state index contributed by atoms with van der Waals surface area (Å²) in [6.07, 6.45) is 0.378. The maximum Gasteiger partial charge on any atom is 0.222 e. The average molecular weight is 208 g/mol. The van der Waals surface area contributed by atoms with Gasteiger partial charge in [-0.2, -0.15) is 0 Å². The van der Waals surface area contributed by atoms with Crippen LogP contribution in [0, 0.1) is 0 Å². The zero-order chi connectivity index (χ0) is 11.1. The Morgan fingerprint density at radius 3 is 2.87 bits per heavy atom. The predicted octanol–water partition coefficient (Wildman–Crippen LogP) is 0.921. The van der Waals surface area contributed by atoms with Gasteiger partial charge < -0.3 is 15.8 Å². The van der Waals surface area contributed by atoms with Crippen LogP contribution in [-0.2, 0) is 16.1 Å². The van der Waals surface area contributed by atoms with Gasteiger partial charge in [-0.25, -0.2) is 0 Å². The van der Waals surface area contributed by atoms with Gasteiger partial charge in [-0.15, -0.1) is 0 Å². The second kappa shape index (κ2) is 6.03. The van der Waals surface area contributed by atoms with Crippen molar-refractivity contribution in [3.05, 3.63) is 29.8 Å². The van der Waals surface area contributed by atoms with Crippen molar-refractivity contribution in [1.29, 1.82) is 0 Å². The van der Waals surface area contributed by atoms with Crippen LogP contribution in [0.1, 0.15) is 12.0 Å². The number of benzene rings is 1. The molecular weight excluding hydrogens is 192 g/mol. The molecule has 1 rings (SSSR count). The molecule has 0 saturated heterocycles. The van der Waals surface area contributed by atoms with E-state index in [4.69, 9.17) is 10.5 Å². The molecule has 0 aromatic heterocycles. The third-order valence-corrected chi connectivity index (χ3v) is 2.06. The Balaban J connectivity index is 2.37. The number of rotatable bonds is 5. The van der Waals surface area contributed by atoms with E-state index in [1.54, 1.807) is 7.11 Å². The van der Waals surface area contributed by atoms with E-state index in [0.29, 0.717) is 25.3 Å². The second-order valence-corrected chi connectivity index (χ2v) is 3.22. The first kappa shape index (κ1) is 11.5. The molecule has 1 amide bonds. The fourth-order valence-corrected chi connectivity index (χ4v) is 1.17. The van der Waals surface area contributed by atoms with Crippen molar-refractivity contribution >= 4 is 11.6 Å². The van der Waals surface area contributed by atoms with E-state index in [-0.39, 0.29) is 5.91 Å². The van der Waals surface area contributed by atoms with Crippen LogP contribution in [0.25, 0.3) is 0 Å². The Morgan fingerprint density at radius 2 is 2.20 bits per heavy atom. The molecule has 3 N–H and O–H groups in total. The van der Waals surface area contributed by atoms with Crippen LogP contribution in [0.2, 0.25) is 0 Å². The fourth-order valence-electron chi connectivity index (χ4n) is 1.17. The lowest BCUT2D eigenvalue weighted by Gasteiger charge is -2.07. The molecule has 15 heavy (non-hydrogen) atoms. The van der Waals surface area contributed by atoms with Crippen LogP contribution in [0.15, 0.2) is 24.3 Å². The molecule has 0 saturated carbocycles. The molecule has 82 valence electrons. The molecular formula is C11H16N2O2. The smallest absolute Gasteiger partial charge is 0.222 e. The Morgan fingerprint density at radius 1 is 1.47 bits per heavy atom. The maximum atomic E-state index is 11.3. The first-order valence-corrected chi connectivity index (χ1v) is 4.83. The van der Waals surface area contributed by atoms with Crippen molar-refractivity contribution in [2.24, 2.45) is 0 Å². The molecule has 0 unspecified atom stereocenters. The Hall–Kier alpha value is -1.55. The van der Waals surface area contributed by atoms with E-state index >= 15 is 0 Å². The van der Waals surface area contributed by atoms with Crippen LogP contribution in [0.4, 0.5) is 5.69 Å². The monoisotopic (exact) mass is 208 g/mol. The van der Waals surface area contributed by atoms with Crippen LogP contribution in [-0.4, -0.2) is 19.6 Å². The van der Waals surface area contributed by atoms with E-state index in [2.05, 4.69) is 5.32 Å². The van der Waals surface area contributed by atoms with Crippen molar-refractivity contribution in [2.45, 2.75) is 13.0 Å². The predicted molar refractivity (Wildman–Crippen MR) is 59.2 cm³/mol. The molecule has 1 aromatic rings. The highest BCUT2D eigenvalue weighted by Crippen LogP contribution is 2.09. The molecule has 0 aliphatic rings. The highest BCUT2D eigenvalue weighted by molar-refractivity contribution is 5.76. The third-order valence-electron chi connectivity index (χ3n) is 2.06. The van der Waals surface area contributed by atoms with Gasteiger partial charge in [0.25, 0.3) is 0 Å². The van der Waals surface area contributed by atoms with E-state index < -0.39 is 0 Å². The fraction of sp³-hybridized carbons (Fsp3) is 0.364. The average Bonchev–Trinajstić information content (AvgIpc) is 2.25. The molecule has 0 radical (unpaired) electrons. The van der Waals surface area contributed by atoms with E-state index in [9.17, 15) is 4.79 Å². The Bertz CT molecular complexity index is 326. The Kier molecular flexibility index (Phi) is 4.63. The number of amides is 1. The summed E-state index contributed by atoms with van der Waals surface area (Å²) < 4.78 is 4.80. The van der Waals surface area contributed by atoms with Gasteiger partial charge in [-0.1, -0.05) is 18.2 Å². The van der Waals surface area contributed by atoms with Gasteiger partial charge >= 0.3 is 0 Å². The quantitative estimate of drug-likeness (QED) is 0.707. The van der Waals surface area contributed by atoms with Gasteiger partial charge in [-0.05, 0) is 11.6 Å². The number of para-hydroxylation sites is 1. The lowest BCUT2D eigenvalue weighted by Crippen LogP contribution is -2.24. The summed E-state index contributed by atoms with van der Waals surface area (Å²) in [5.74, 6) is -0.0277. The van der Waals surface area contributed by atoms with Crippen molar-refractivity contribution in [3.63, 3.8) is 0 Å². The standard InChI is InChI=1S/C11H16N2O2/c1-15-7-6-11(14)13-8-9-4-2-3-5-10(9)12/h2-5H,6-8,12H2,1H3,(H,13,14). The van der Waals surface area contributed by atoms with Gasteiger partial charge in [0.05, 0.1) is 6.61 Å². The Labute approximate surface area is 89.4 Å². The summed E-state index contributed by atoms with van der Waals surface area (Å²) in [4.78, 5) is 11.3. The minimum Gasteiger partial charge on any atom is -0.398 e. The molecule has 0 atom stereocenters. The molecule has 0 bridgehead atoms. The minimum absolute atomic E-state index is 0.0277. The number of nitrogen functional groups attached to an aromatic ring is 1. The number of hydrogen-bond acceptors (Lipinski definition) is 3. The van der Waals surface area contributed by atoms with Crippen LogP contribution >= 0.6 is 0 Å². The molecule has 0 aliphatic carbocycles. The van der Waals surface area contributed by atoms with Gasteiger partial charge in [0, 0.05) is 25.8 Å². The number of nitrogens with one attached hydrogen (secondary N) is 1. The van der Waals surface area contributed by atoms with Gasteiger partial charge in [0.15, 0.2) is 0 Å². The molecule has 4 nitrogen and oxygen atoms in total. The van der Waals surface area contributed by atoms with Gasteiger partial charge in [-0.3, -0.25) is 4.79 Å². The first-order valence-electron chi connectivity index (χ1n) is 4.83. The number of carbonyl (C=O) groups excluding carboxylic acids is 1. The minimum atomic E-state index is -0.0277. The lowest BCUT2D eigenvalue weighted by molar-refractivity contribution is -0.122. The first-order chi connectivity index (χ1) is 7.24. The molecule has 0 heterocycles. The van der Waals surface area contributed by atoms with Gasteiger partial charge in [0.2, 0.25) is 5.91 Å². The number of methoxy groups -OCH3 is 1. The summed E-state index contributed by atoms with van der Waals surface area (Å²) in [7, 11) is 1.57. The third kappa shape index (κ3) is 3.99. The van der Waals surface area contributed by atoms with Crippen molar-refractivity contribution in [2.75, 3.05) is 19.5 Å². The largest absolute Gasteiger partial charge is 0.398 e. The normalized spacial score (nSPS) is 9.93. The molecule has 0 aliphatic heterocycles. The van der Waals surface area contributed by atoms with Crippen LogP contribution in [0.3, 0.4) is 0 Å². The number of anilines is 1. The van der Waals surface area contributed by atoms with Crippen molar-refractivity contribution in [3.8, 4) is 0 Å². The maximum absolute atomic E-state index is 11.3. The second-order valence-electron chi connectivity index (χ2n) is 3.22. The number of hydrogen-bond donors (Lipinski definition) is 2. The number of carbonyl (C=O) groups is 1. The summed E-state index contributed by atoms with van der Waals surface area (Å²) in [6, 6.07) is 7.47. The SMILES string of the molecule is COCCC(=O)NCc1ccccc1N. The molecule has 4 heteroatoms. The summed E-state index contributed by atoms with van der Waals surface area (Å²) >= 11 is 0. The molecule has 0 spiro atoms. The topological polar surface area (TPSA) is 64.3 Å². The number of ether oxygens (including phenoxy) is 1. The van der Waals surface area contributed by atoms with Crippen molar-refractivity contribution < 1.29 is 9.53 Å². The van der Waals surface area contributed by atoms with E-state index in [1.165, 1.54) is 0 Å². The highest BCUT2D eigenvalue weighted by atomic mass is 16.5. The molecule has 0 fully saturated rings. The number of nitrogens with two attached hydrogens (primary N) is 1. The highest BCUT2D eigenvalue weighted by Gasteiger charge is 2.02. The van der Waals surface area contributed by atoms with Crippen LogP contribution in [0.5, 0.6) is 0 Å². The summed E-state index contributed by atoms with van der Waals surface area (Å²) in [6.45, 7) is 0.908. The van der Waals surface area contributed by atoms with Crippen molar-refractivity contribution in [1.82, 2.24) is 5.32 Å². The van der Waals surface area contributed by atoms with E-state index in [1.807, 2.05) is 24.3 Å². The zero-order valence-electron chi connectivity index (χ0n) is 8.82. The van der Waals surface area contributed by atoms with E-state index in [0.717, 1.165) is 5.56 Å². The zero-order valence-corrected chi connectivity index (χ0v) is 8.82. The lowest BCUT2D eigenvalue weighted by atomic mass is 10.2. The summed E-state index contributed by atoms with van der Waals surface area (Å²) in [5, 5.41) is 2.78. The van der Waals surface area contributed by atoms with Gasteiger partial charge in [0.1, 0.15) is 0 Å². The summed E-state index contributed by atoms with van der Waals surface area (Å²) in [5.41, 5.74) is 7.36. The van der Waals surface area contributed by atoms with Crippen LogP contribution < -0.4 is 11.1 Å². The molecule has 1 aromatic carbocycles.